The van der Waals surface area contributed by atoms with E-state index < -0.39 is 23.1 Å². The molecule has 0 atom stereocenters. The lowest BCUT2D eigenvalue weighted by Crippen LogP contribution is -2.09. The number of nitrogens with one attached hydrogen (secondary N) is 1. The molecule has 1 aromatic carbocycles. The van der Waals surface area contributed by atoms with Crippen molar-refractivity contribution in [3.63, 3.8) is 0 Å². The van der Waals surface area contributed by atoms with Crippen molar-refractivity contribution in [2.24, 2.45) is 0 Å². The van der Waals surface area contributed by atoms with Crippen LogP contribution >= 0.6 is 0 Å². The van der Waals surface area contributed by atoms with E-state index in [0.29, 0.717) is 12.1 Å². The Morgan fingerprint density at radius 2 is 1.69 bits per heavy atom. The molecule has 2 nitrogen and oxygen atoms in total. The van der Waals surface area contributed by atoms with E-state index in [1.165, 1.54) is 0 Å². The van der Waals surface area contributed by atoms with Gasteiger partial charge in [-0.1, -0.05) is 0 Å². The number of hydrogen-bond acceptors (Lipinski definition) is 2. The molecule has 0 fully saturated rings. The fourth-order valence-corrected chi connectivity index (χ4v) is 0.892. The summed E-state index contributed by atoms with van der Waals surface area (Å²) in [6.45, 7) is -0.240. The van der Waals surface area contributed by atoms with Crippen LogP contribution in [0.25, 0.3) is 0 Å². The molecule has 72 valence electrons. The molecule has 0 aliphatic carbocycles. The first-order valence-corrected chi connectivity index (χ1v) is 3.64. The van der Waals surface area contributed by atoms with Gasteiger partial charge in [-0.2, -0.15) is 0 Å². The SMILES string of the molecule is OCCNc1c(F)cc(F)cc1F. The molecule has 0 aromatic heterocycles. The summed E-state index contributed by atoms with van der Waals surface area (Å²) in [7, 11) is 0. The first-order valence-electron chi connectivity index (χ1n) is 3.64. The van der Waals surface area contributed by atoms with Crippen LogP contribution in [0.2, 0.25) is 0 Å². The van der Waals surface area contributed by atoms with Gasteiger partial charge in [0.25, 0.3) is 0 Å². The van der Waals surface area contributed by atoms with E-state index in [9.17, 15) is 13.2 Å². The molecular formula is C8H8F3NO. The zero-order valence-corrected chi connectivity index (χ0v) is 6.65. The molecule has 0 bridgehead atoms. The van der Waals surface area contributed by atoms with Gasteiger partial charge in [0.2, 0.25) is 0 Å². The van der Waals surface area contributed by atoms with Crippen molar-refractivity contribution in [3.05, 3.63) is 29.6 Å². The number of halogens is 3. The van der Waals surface area contributed by atoms with Gasteiger partial charge >= 0.3 is 0 Å². The monoisotopic (exact) mass is 191 g/mol. The fourth-order valence-electron chi connectivity index (χ4n) is 0.892. The van der Waals surface area contributed by atoms with Crippen LogP contribution in [0.15, 0.2) is 12.1 Å². The van der Waals surface area contributed by atoms with Crippen LogP contribution < -0.4 is 5.32 Å². The zero-order valence-electron chi connectivity index (χ0n) is 6.65. The highest BCUT2D eigenvalue weighted by Crippen LogP contribution is 2.19. The van der Waals surface area contributed by atoms with Gasteiger partial charge in [-0.25, -0.2) is 13.2 Å². The Hall–Kier alpha value is -1.23. The van der Waals surface area contributed by atoms with Crippen LogP contribution in [-0.4, -0.2) is 18.3 Å². The molecule has 0 radical (unpaired) electrons. The van der Waals surface area contributed by atoms with Gasteiger partial charge in [-0.05, 0) is 0 Å². The fraction of sp³-hybridized carbons (Fsp3) is 0.250. The Kier molecular flexibility index (Phi) is 3.13. The molecule has 0 aliphatic rings. The number of aliphatic hydroxyl groups is 1. The third-order valence-corrected chi connectivity index (χ3v) is 1.42. The van der Waals surface area contributed by atoms with E-state index in [1.807, 2.05) is 0 Å². The normalized spacial score (nSPS) is 10.2. The Balaban J connectivity index is 2.92. The van der Waals surface area contributed by atoms with Crippen LogP contribution in [0.5, 0.6) is 0 Å². The Labute approximate surface area is 73.0 Å². The summed E-state index contributed by atoms with van der Waals surface area (Å²) in [5, 5.41) is 10.7. The standard InChI is InChI=1S/C8H8F3NO/c9-5-3-6(10)8(7(11)4-5)12-1-2-13/h3-4,12-13H,1-2H2. The van der Waals surface area contributed by atoms with Crippen LogP contribution in [0.3, 0.4) is 0 Å². The molecule has 0 heterocycles. The molecule has 13 heavy (non-hydrogen) atoms. The van der Waals surface area contributed by atoms with Crippen molar-refractivity contribution in [2.75, 3.05) is 18.5 Å². The molecule has 1 rings (SSSR count). The lowest BCUT2D eigenvalue weighted by molar-refractivity contribution is 0.310. The minimum atomic E-state index is -1.01. The maximum atomic E-state index is 12.8. The van der Waals surface area contributed by atoms with Gasteiger partial charge in [0, 0.05) is 18.7 Å². The van der Waals surface area contributed by atoms with E-state index in [0.717, 1.165) is 0 Å². The summed E-state index contributed by atoms with van der Waals surface area (Å²) in [6, 6.07) is 1.14. The van der Waals surface area contributed by atoms with Crippen molar-refractivity contribution in [1.29, 1.82) is 0 Å². The Morgan fingerprint density at radius 3 is 2.15 bits per heavy atom. The number of rotatable bonds is 3. The van der Waals surface area contributed by atoms with E-state index in [4.69, 9.17) is 5.11 Å². The second-order valence-electron chi connectivity index (χ2n) is 2.39. The average molecular weight is 191 g/mol. The highest BCUT2D eigenvalue weighted by Gasteiger charge is 2.09. The third kappa shape index (κ3) is 2.35. The van der Waals surface area contributed by atoms with E-state index in [2.05, 4.69) is 5.32 Å². The molecule has 0 saturated carbocycles. The summed E-state index contributed by atoms with van der Waals surface area (Å²) in [5.41, 5.74) is -0.421. The van der Waals surface area contributed by atoms with Gasteiger partial charge in [0.1, 0.15) is 11.5 Å². The average Bonchev–Trinajstić information content (AvgIpc) is 2.02. The molecule has 2 N–H and O–H groups in total. The Bertz CT molecular complexity index is 280. The van der Waals surface area contributed by atoms with Gasteiger partial charge in [-0.15, -0.1) is 0 Å². The van der Waals surface area contributed by atoms with E-state index >= 15 is 0 Å². The first kappa shape index (κ1) is 9.85. The summed E-state index contributed by atoms with van der Waals surface area (Å²) >= 11 is 0. The maximum absolute atomic E-state index is 12.8. The van der Waals surface area contributed by atoms with Crippen molar-refractivity contribution in [3.8, 4) is 0 Å². The molecule has 1 aromatic rings. The summed E-state index contributed by atoms with van der Waals surface area (Å²) < 4.78 is 38.0. The van der Waals surface area contributed by atoms with E-state index in [-0.39, 0.29) is 13.2 Å². The van der Waals surface area contributed by atoms with Crippen LogP contribution in [0, 0.1) is 17.5 Å². The minimum Gasteiger partial charge on any atom is -0.395 e. The number of anilines is 1. The van der Waals surface area contributed by atoms with Crippen LogP contribution in [0.1, 0.15) is 0 Å². The number of benzene rings is 1. The number of aliphatic hydroxyl groups excluding tert-OH is 1. The van der Waals surface area contributed by atoms with Crippen molar-refractivity contribution >= 4 is 5.69 Å². The number of hydrogen-bond donors (Lipinski definition) is 2. The smallest absolute Gasteiger partial charge is 0.152 e. The first-order chi connectivity index (χ1) is 6.15. The summed E-state index contributed by atoms with van der Waals surface area (Å²) in [5.74, 6) is -2.98. The predicted octanol–water partition coefficient (Wildman–Crippen LogP) is 1.51. The van der Waals surface area contributed by atoms with Crippen molar-refractivity contribution in [1.82, 2.24) is 0 Å². The quantitative estimate of drug-likeness (QED) is 0.758. The highest BCUT2D eigenvalue weighted by molar-refractivity contribution is 5.46. The molecule has 0 saturated heterocycles. The topological polar surface area (TPSA) is 32.3 Å². The van der Waals surface area contributed by atoms with Gasteiger partial charge in [0.05, 0.1) is 6.61 Å². The van der Waals surface area contributed by atoms with Crippen LogP contribution in [0.4, 0.5) is 18.9 Å². The molecule has 0 amide bonds. The second-order valence-corrected chi connectivity index (χ2v) is 2.39. The Morgan fingerprint density at radius 1 is 1.15 bits per heavy atom. The van der Waals surface area contributed by atoms with Gasteiger partial charge in [0.15, 0.2) is 11.6 Å². The molecule has 0 aliphatic heterocycles. The molecular weight excluding hydrogens is 183 g/mol. The predicted molar refractivity (Wildman–Crippen MR) is 41.9 cm³/mol. The van der Waals surface area contributed by atoms with Crippen molar-refractivity contribution in [2.45, 2.75) is 0 Å². The summed E-state index contributed by atoms with van der Waals surface area (Å²) in [6.07, 6.45) is 0. The van der Waals surface area contributed by atoms with Gasteiger partial charge in [-0.3, -0.25) is 0 Å². The van der Waals surface area contributed by atoms with Gasteiger partial charge < -0.3 is 10.4 Å². The molecule has 0 spiro atoms. The largest absolute Gasteiger partial charge is 0.395 e. The maximum Gasteiger partial charge on any atom is 0.152 e. The lowest BCUT2D eigenvalue weighted by atomic mass is 10.3. The summed E-state index contributed by atoms with van der Waals surface area (Å²) in [4.78, 5) is 0. The zero-order chi connectivity index (χ0) is 9.84. The molecule has 0 unspecified atom stereocenters. The highest BCUT2D eigenvalue weighted by atomic mass is 19.1. The van der Waals surface area contributed by atoms with E-state index in [1.54, 1.807) is 0 Å². The third-order valence-electron chi connectivity index (χ3n) is 1.42. The minimum absolute atomic E-state index is 0.0134. The molecule has 5 heteroatoms. The lowest BCUT2D eigenvalue weighted by Gasteiger charge is -2.06. The van der Waals surface area contributed by atoms with Crippen LogP contribution in [-0.2, 0) is 0 Å². The second kappa shape index (κ2) is 4.13. The van der Waals surface area contributed by atoms with Crippen molar-refractivity contribution < 1.29 is 18.3 Å².